The van der Waals surface area contributed by atoms with Crippen LogP contribution in [0.15, 0.2) is 54.6 Å². The maximum absolute atomic E-state index is 13.2. The lowest BCUT2D eigenvalue weighted by Crippen LogP contribution is -2.56. The molecule has 0 radical (unpaired) electrons. The van der Waals surface area contributed by atoms with Crippen LogP contribution in [-0.4, -0.2) is 51.9 Å². The topological polar surface area (TPSA) is 86.7 Å². The Hall–Kier alpha value is -3.08. The molecule has 2 aliphatic heterocycles. The Morgan fingerprint density at radius 3 is 2.38 bits per heavy atom. The van der Waals surface area contributed by atoms with Crippen LogP contribution in [0.4, 0.5) is 0 Å². The number of carbonyl (C=O) groups excluding carboxylic acids is 2. The van der Waals surface area contributed by atoms with Crippen LogP contribution in [0.3, 0.4) is 0 Å². The highest BCUT2D eigenvalue weighted by Crippen LogP contribution is 2.50. The highest BCUT2D eigenvalue weighted by molar-refractivity contribution is 7.98. The van der Waals surface area contributed by atoms with Gasteiger partial charge in [0.25, 0.3) is 0 Å². The van der Waals surface area contributed by atoms with Gasteiger partial charge in [-0.25, -0.2) is 0 Å². The monoisotopic (exact) mass is 448 g/mol. The molecule has 4 atom stereocenters. The Kier molecular flexibility index (Phi) is 6.09. The van der Waals surface area contributed by atoms with Gasteiger partial charge in [-0.05, 0) is 35.1 Å². The summed E-state index contributed by atoms with van der Waals surface area (Å²) in [6, 6.07) is 17.0. The van der Waals surface area contributed by atoms with Crippen molar-refractivity contribution >= 4 is 29.5 Å². The van der Waals surface area contributed by atoms with Gasteiger partial charge in [-0.2, -0.15) is 11.8 Å². The molecule has 32 heavy (non-hydrogen) atoms. The molecule has 2 aromatic carbocycles. The number of imide groups is 1. The Morgan fingerprint density at radius 2 is 1.78 bits per heavy atom. The van der Waals surface area contributed by atoms with Crippen LogP contribution in [0.25, 0.3) is 11.1 Å². The number of carbonyl (C=O) groups is 3. The number of carboxylic acids is 1. The molecule has 0 aliphatic carbocycles. The molecule has 2 N–H and O–H groups in total. The highest BCUT2D eigenvalue weighted by Gasteiger charge is 2.68. The molecule has 0 aromatic heterocycles. The predicted molar refractivity (Wildman–Crippen MR) is 124 cm³/mol. The summed E-state index contributed by atoms with van der Waals surface area (Å²) in [6.07, 6.45) is 7.49. The van der Waals surface area contributed by atoms with Gasteiger partial charge in [-0.15, -0.1) is 6.42 Å². The number of rotatable bonds is 7. The average Bonchev–Trinajstić information content (AvgIpc) is 3.29. The summed E-state index contributed by atoms with van der Waals surface area (Å²) >= 11 is 1.50. The second-order valence-corrected chi connectivity index (χ2v) is 9.09. The molecule has 164 valence electrons. The van der Waals surface area contributed by atoms with Crippen LogP contribution in [0.2, 0.25) is 0 Å². The standard InChI is InChI=1S/C25H24N2O4S/c1-3-14-27-22(28)19-20(23(27)29)25(24(30)31,13-15-32-2)26-21(19)18-11-9-17(10-12-18)16-7-5-4-6-8-16/h1,4-12,19-21,26H,13-15H2,2H3,(H,30,31). The van der Waals surface area contributed by atoms with Crippen LogP contribution in [0, 0.1) is 24.2 Å². The number of fused-ring (bicyclic) bond motifs is 1. The van der Waals surface area contributed by atoms with Crippen molar-refractivity contribution in [2.75, 3.05) is 18.6 Å². The largest absolute Gasteiger partial charge is 0.480 e. The third-order valence-electron chi connectivity index (χ3n) is 6.45. The number of amides is 2. The maximum Gasteiger partial charge on any atom is 0.324 e. The van der Waals surface area contributed by atoms with Crippen LogP contribution in [0.1, 0.15) is 18.0 Å². The van der Waals surface area contributed by atoms with E-state index in [1.807, 2.05) is 60.9 Å². The summed E-state index contributed by atoms with van der Waals surface area (Å²) < 4.78 is 0. The molecule has 4 unspecified atom stereocenters. The molecule has 2 amide bonds. The summed E-state index contributed by atoms with van der Waals surface area (Å²) in [5.41, 5.74) is 1.32. The van der Waals surface area contributed by atoms with Crippen LogP contribution < -0.4 is 5.32 Å². The normalized spacial score (nSPS) is 26.8. The van der Waals surface area contributed by atoms with Gasteiger partial charge < -0.3 is 5.11 Å². The fourth-order valence-electron chi connectivity index (χ4n) is 4.91. The summed E-state index contributed by atoms with van der Waals surface area (Å²) in [5.74, 6) is -0.937. The molecule has 2 heterocycles. The van der Waals surface area contributed by atoms with Crippen LogP contribution in [0.5, 0.6) is 0 Å². The quantitative estimate of drug-likeness (QED) is 0.500. The van der Waals surface area contributed by atoms with E-state index in [-0.39, 0.29) is 13.0 Å². The fourth-order valence-corrected chi connectivity index (χ4v) is 5.43. The molecule has 6 nitrogen and oxygen atoms in total. The van der Waals surface area contributed by atoms with Gasteiger partial charge in [-0.1, -0.05) is 60.5 Å². The maximum atomic E-state index is 13.2. The second-order valence-electron chi connectivity index (χ2n) is 8.10. The summed E-state index contributed by atoms with van der Waals surface area (Å²) in [7, 11) is 0. The summed E-state index contributed by atoms with van der Waals surface area (Å²) in [6.45, 7) is -0.150. The Morgan fingerprint density at radius 1 is 1.12 bits per heavy atom. The van der Waals surface area contributed by atoms with E-state index in [0.29, 0.717) is 5.75 Å². The average molecular weight is 449 g/mol. The van der Waals surface area contributed by atoms with Crippen molar-refractivity contribution in [2.24, 2.45) is 11.8 Å². The molecular formula is C25H24N2O4S. The van der Waals surface area contributed by atoms with Crippen LogP contribution in [-0.2, 0) is 14.4 Å². The molecule has 4 rings (SSSR count). The zero-order chi connectivity index (χ0) is 22.9. The number of nitrogens with one attached hydrogen (secondary N) is 1. The van der Waals surface area contributed by atoms with E-state index in [2.05, 4.69) is 11.2 Å². The van der Waals surface area contributed by atoms with Gasteiger partial charge in [0.05, 0.1) is 18.4 Å². The molecule has 2 saturated heterocycles. The third kappa shape index (κ3) is 3.50. The zero-order valence-corrected chi connectivity index (χ0v) is 18.5. The van der Waals surface area contributed by atoms with Gasteiger partial charge in [0.2, 0.25) is 11.8 Å². The van der Waals surface area contributed by atoms with Crippen LogP contribution >= 0.6 is 11.8 Å². The van der Waals surface area contributed by atoms with E-state index in [9.17, 15) is 19.5 Å². The van der Waals surface area contributed by atoms with Crippen molar-refractivity contribution in [3.05, 3.63) is 60.2 Å². The molecule has 2 fully saturated rings. The van der Waals surface area contributed by atoms with Gasteiger partial charge in [0.15, 0.2) is 0 Å². The lowest BCUT2D eigenvalue weighted by molar-refractivity contribution is -0.151. The molecule has 0 spiro atoms. The van der Waals surface area contributed by atoms with E-state index in [1.54, 1.807) is 0 Å². The lowest BCUT2D eigenvalue weighted by atomic mass is 9.78. The fraction of sp³-hybridized carbons (Fsp3) is 0.320. The first kappa shape index (κ1) is 22.1. The molecule has 2 aromatic rings. The highest BCUT2D eigenvalue weighted by atomic mass is 32.2. The Labute approximate surface area is 191 Å². The minimum atomic E-state index is -1.52. The minimum Gasteiger partial charge on any atom is -0.480 e. The SMILES string of the molecule is C#CCN1C(=O)C2C(c3ccc(-c4ccccc4)cc3)NC(CCSC)(C(=O)O)C2C1=O. The number of carboxylic acid groups (broad SMARTS) is 1. The summed E-state index contributed by atoms with van der Waals surface area (Å²) in [5, 5.41) is 13.4. The number of benzene rings is 2. The smallest absolute Gasteiger partial charge is 0.324 e. The first-order chi connectivity index (χ1) is 15.4. The first-order valence-electron chi connectivity index (χ1n) is 10.4. The Balaban J connectivity index is 1.75. The summed E-state index contributed by atoms with van der Waals surface area (Å²) in [4.78, 5) is 40.0. The van der Waals surface area contributed by atoms with Gasteiger partial charge >= 0.3 is 5.97 Å². The third-order valence-corrected chi connectivity index (χ3v) is 7.07. The van der Waals surface area contributed by atoms with E-state index < -0.39 is 41.2 Å². The van der Waals surface area contributed by atoms with E-state index >= 15 is 0 Å². The Bertz CT molecular complexity index is 1080. The van der Waals surface area contributed by atoms with E-state index in [0.717, 1.165) is 21.6 Å². The molecule has 7 heteroatoms. The van der Waals surface area contributed by atoms with Crippen molar-refractivity contribution in [3.8, 4) is 23.5 Å². The zero-order valence-electron chi connectivity index (χ0n) is 17.7. The number of hydrogen-bond acceptors (Lipinski definition) is 5. The molecular weight excluding hydrogens is 424 g/mol. The van der Waals surface area contributed by atoms with Crippen molar-refractivity contribution in [1.29, 1.82) is 0 Å². The lowest BCUT2D eigenvalue weighted by Gasteiger charge is -2.30. The predicted octanol–water partition coefficient (Wildman–Crippen LogP) is 2.81. The van der Waals surface area contributed by atoms with Gasteiger partial charge in [0, 0.05) is 6.04 Å². The van der Waals surface area contributed by atoms with Crippen molar-refractivity contribution < 1.29 is 19.5 Å². The van der Waals surface area contributed by atoms with E-state index in [1.165, 1.54) is 11.8 Å². The first-order valence-corrected chi connectivity index (χ1v) is 11.8. The van der Waals surface area contributed by atoms with Crippen molar-refractivity contribution in [3.63, 3.8) is 0 Å². The molecule has 0 saturated carbocycles. The number of hydrogen-bond donors (Lipinski definition) is 2. The number of aliphatic carboxylic acids is 1. The number of nitrogens with zero attached hydrogens (tertiary/aromatic N) is 1. The van der Waals surface area contributed by atoms with Gasteiger partial charge in [0.1, 0.15) is 5.54 Å². The number of terminal acetylenes is 1. The van der Waals surface area contributed by atoms with E-state index in [4.69, 9.17) is 6.42 Å². The minimum absolute atomic E-state index is 0.150. The van der Waals surface area contributed by atoms with Crippen molar-refractivity contribution in [2.45, 2.75) is 18.0 Å². The molecule has 0 bridgehead atoms. The molecule has 2 aliphatic rings. The second kappa shape index (κ2) is 8.81. The number of likely N-dealkylation sites (tertiary alicyclic amines) is 1. The van der Waals surface area contributed by atoms with Gasteiger partial charge in [-0.3, -0.25) is 24.6 Å². The number of thioether (sulfide) groups is 1. The van der Waals surface area contributed by atoms with Crippen molar-refractivity contribution in [1.82, 2.24) is 10.2 Å².